The first-order chi connectivity index (χ1) is 6.72. The molecule has 1 aromatic rings. The van der Waals surface area contributed by atoms with Crippen molar-refractivity contribution in [1.29, 1.82) is 0 Å². The molecule has 0 N–H and O–H groups in total. The molecule has 0 fully saturated rings. The molecule has 0 unspecified atom stereocenters. The van der Waals surface area contributed by atoms with Crippen LogP contribution >= 0.6 is 11.8 Å². The van der Waals surface area contributed by atoms with Crippen LogP contribution in [-0.4, -0.2) is 23.8 Å². The number of aromatic nitrogens is 1. The first-order valence-electron chi connectivity index (χ1n) is 4.04. The number of esters is 1. The highest BCUT2D eigenvalue weighted by atomic mass is 32.2. The van der Waals surface area contributed by atoms with Gasteiger partial charge in [0.25, 0.3) is 0 Å². The van der Waals surface area contributed by atoms with E-state index in [9.17, 15) is 9.18 Å². The zero-order chi connectivity index (χ0) is 10.4. The van der Waals surface area contributed by atoms with Gasteiger partial charge in [0, 0.05) is 5.75 Å². The van der Waals surface area contributed by atoms with E-state index in [1.54, 1.807) is 12.1 Å². The van der Waals surface area contributed by atoms with Gasteiger partial charge in [-0.05, 0) is 12.1 Å². The first-order valence-corrected chi connectivity index (χ1v) is 5.03. The van der Waals surface area contributed by atoms with Crippen molar-refractivity contribution in [2.75, 3.05) is 12.9 Å². The molecule has 5 heteroatoms. The Morgan fingerprint density at radius 3 is 3.07 bits per heavy atom. The summed E-state index contributed by atoms with van der Waals surface area (Å²) in [6.45, 7) is 0. The van der Waals surface area contributed by atoms with Crippen molar-refractivity contribution in [3.05, 3.63) is 24.1 Å². The van der Waals surface area contributed by atoms with Gasteiger partial charge in [0.15, 0.2) is 0 Å². The van der Waals surface area contributed by atoms with Gasteiger partial charge in [0.05, 0.1) is 18.6 Å². The minimum absolute atomic E-state index is 0.270. The van der Waals surface area contributed by atoms with E-state index in [1.807, 2.05) is 0 Å². The predicted octanol–water partition coefficient (Wildman–Crippen LogP) is 1.88. The number of methoxy groups -OCH3 is 1. The summed E-state index contributed by atoms with van der Waals surface area (Å²) in [5.41, 5.74) is 0. The van der Waals surface area contributed by atoms with Crippen molar-refractivity contribution in [3.8, 4) is 0 Å². The van der Waals surface area contributed by atoms with Crippen molar-refractivity contribution in [1.82, 2.24) is 4.98 Å². The number of hydrogen-bond acceptors (Lipinski definition) is 4. The molecule has 0 aliphatic rings. The molecular weight excluding hydrogens is 205 g/mol. The summed E-state index contributed by atoms with van der Waals surface area (Å²) < 4.78 is 17.1. The van der Waals surface area contributed by atoms with Gasteiger partial charge in [0.2, 0.25) is 5.95 Å². The molecule has 0 aliphatic heterocycles. The second-order valence-electron chi connectivity index (χ2n) is 2.47. The summed E-state index contributed by atoms with van der Waals surface area (Å²) in [6, 6.07) is 4.57. The summed E-state index contributed by atoms with van der Waals surface area (Å²) in [7, 11) is 1.34. The minimum Gasteiger partial charge on any atom is -0.469 e. The van der Waals surface area contributed by atoms with Gasteiger partial charge in [-0.25, -0.2) is 4.98 Å². The Morgan fingerprint density at radius 2 is 2.43 bits per heavy atom. The number of nitrogens with zero attached hydrogens (tertiary/aromatic N) is 1. The molecule has 3 nitrogen and oxygen atoms in total. The van der Waals surface area contributed by atoms with E-state index in [-0.39, 0.29) is 5.97 Å². The van der Waals surface area contributed by atoms with E-state index in [4.69, 9.17) is 0 Å². The average Bonchev–Trinajstić information content (AvgIpc) is 2.17. The van der Waals surface area contributed by atoms with Crippen LogP contribution in [-0.2, 0) is 9.53 Å². The third-order valence-corrected chi connectivity index (χ3v) is 2.40. The van der Waals surface area contributed by atoms with Gasteiger partial charge >= 0.3 is 5.97 Å². The van der Waals surface area contributed by atoms with Crippen molar-refractivity contribution < 1.29 is 13.9 Å². The standard InChI is InChI=1S/C9H10FNO2S/c1-13-9(12)5-6-14-8-4-2-3-7(10)11-8/h2-4H,5-6H2,1H3. The van der Waals surface area contributed by atoms with E-state index in [2.05, 4.69) is 9.72 Å². The van der Waals surface area contributed by atoms with Crippen LogP contribution in [0.3, 0.4) is 0 Å². The molecule has 0 aromatic carbocycles. The maximum atomic E-state index is 12.6. The third kappa shape index (κ3) is 3.74. The second kappa shape index (κ2) is 5.59. The lowest BCUT2D eigenvalue weighted by Crippen LogP contribution is -2.01. The molecule has 0 amide bonds. The van der Waals surface area contributed by atoms with E-state index in [0.717, 1.165) is 0 Å². The summed E-state index contributed by atoms with van der Waals surface area (Å²) >= 11 is 1.33. The molecule has 1 heterocycles. The van der Waals surface area contributed by atoms with Crippen LogP contribution in [0.1, 0.15) is 6.42 Å². The Labute approximate surface area is 85.7 Å². The van der Waals surface area contributed by atoms with Gasteiger partial charge in [-0.2, -0.15) is 4.39 Å². The quantitative estimate of drug-likeness (QED) is 0.436. The largest absolute Gasteiger partial charge is 0.469 e. The molecule has 0 saturated heterocycles. The smallest absolute Gasteiger partial charge is 0.306 e. The molecular formula is C9H10FNO2S. The molecule has 0 atom stereocenters. The topological polar surface area (TPSA) is 39.2 Å². The van der Waals surface area contributed by atoms with Gasteiger partial charge in [0.1, 0.15) is 0 Å². The van der Waals surface area contributed by atoms with Gasteiger partial charge < -0.3 is 4.74 Å². The third-order valence-electron chi connectivity index (χ3n) is 1.47. The molecule has 1 aromatic heterocycles. The number of ether oxygens (including phenoxy) is 1. The van der Waals surface area contributed by atoms with Crippen LogP contribution in [0.2, 0.25) is 0 Å². The molecule has 0 bridgehead atoms. The van der Waals surface area contributed by atoms with Crippen LogP contribution in [0.4, 0.5) is 4.39 Å². The Balaban J connectivity index is 2.35. The normalized spacial score (nSPS) is 9.86. The van der Waals surface area contributed by atoms with Gasteiger partial charge in [-0.15, -0.1) is 11.8 Å². The number of thioether (sulfide) groups is 1. The fourth-order valence-corrected chi connectivity index (χ4v) is 1.62. The van der Waals surface area contributed by atoms with Crippen molar-refractivity contribution in [2.24, 2.45) is 0 Å². The zero-order valence-electron chi connectivity index (χ0n) is 7.70. The lowest BCUT2D eigenvalue weighted by atomic mass is 10.5. The van der Waals surface area contributed by atoms with E-state index >= 15 is 0 Å². The van der Waals surface area contributed by atoms with Crippen LogP contribution in [0.5, 0.6) is 0 Å². The Hall–Kier alpha value is -1.10. The number of carbonyl (C=O) groups is 1. The number of carbonyl (C=O) groups excluding carboxylic acids is 1. The molecule has 0 saturated carbocycles. The highest BCUT2D eigenvalue weighted by Gasteiger charge is 2.02. The Kier molecular flexibility index (Phi) is 4.39. The highest BCUT2D eigenvalue weighted by Crippen LogP contribution is 2.15. The highest BCUT2D eigenvalue weighted by molar-refractivity contribution is 7.99. The molecule has 1 rings (SSSR count). The van der Waals surface area contributed by atoms with E-state index < -0.39 is 5.95 Å². The maximum absolute atomic E-state index is 12.6. The van der Waals surface area contributed by atoms with Crippen molar-refractivity contribution >= 4 is 17.7 Å². The van der Waals surface area contributed by atoms with Gasteiger partial charge in [-0.3, -0.25) is 4.79 Å². The average molecular weight is 215 g/mol. The fourth-order valence-electron chi connectivity index (χ4n) is 0.811. The van der Waals surface area contributed by atoms with Crippen molar-refractivity contribution in [2.45, 2.75) is 11.4 Å². The molecule has 76 valence electrons. The number of rotatable bonds is 4. The fraction of sp³-hybridized carbons (Fsp3) is 0.333. The monoisotopic (exact) mass is 215 g/mol. The summed E-state index contributed by atoms with van der Waals surface area (Å²) in [5.74, 6) is -0.231. The molecule has 0 aliphatic carbocycles. The lowest BCUT2D eigenvalue weighted by Gasteiger charge is -1.99. The van der Waals surface area contributed by atoms with E-state index in [0.29, 0.717) is 17.2 Å². The summed E-state index contributed by atoms with van der Waals surface area (Å²) in [4.78, 5) is 14.4. The van der Waals surface area contributed by atoms with E-state index in [1.165, 1.54) is 24.9 Å². The van der Waals surface area contributed by atoms with Gasteiger partial charge in [-0.1, -0.05) is 6.07 Å². The minimum atomic E-state index is -0.506. The SMILES string of the molecule is COC(=O)CCSc1cccc(F)n1. The van der Waals surface area contributed by atoms with Crippen LogP contribution < -0.4 is 0 Å². The number of halogens is 1. The first kappa shape index (κ1) is 11.0. The second-order valence-corrected chi connectivity index (χ2v) is 3.59. The Morgan fingerprint density at radius 1 is 1.64 bits per heavy atom. The lowest BCUT2D eigenvalue weighted by molar-refractivity contribution is -0.140. The Bertz CT molecular complexity index is 319. The molecule has 0 radical (unpaired) electrons. The summed E-state index contributed by atoms with van der Waals surface area (Å²) in [5, 5.41) is 0.578. The maximum Gasteiger partial charge on any atom is 0.306 e. The van der Waals surface area contributed by atoms with Crippen LogP contribution in [0.25, 0.3) is 0 Å². The van der Waals surface area contributed by atoms with Crippen LogP contribution in [0, 0.1) is 5.95 Å². The predicted molar refractivity (Wildman–Crippen MR) is 51.6 cm³/mol. The molecule has 0 spiro atoms. The van der Waals surface area contributed by atoms with Crippen molar-refractivity contribution in [3.63, 3.8) is 0 Å². The summed E-state index contributed by atoms with van der Waals surface area (Å²) in [6.07, 6.45) is 0.305. The zero-order valence-corrected chi connectivity index (χ0v) is 8.51. The molecule has 14 heavy (non-hydrogen) atoms. The van der Waals surface area contributed by atoms with Crippen LogP contribution in [0.15, 0.2) is 23.2 Å². The number of hydrogen-bond donors (Lipinski definition) is 0. The number of pyridine rings is 1.